The van der Waals surface area contributed by atoms with E-state index in [-0.39, 0.29) is 5.56 Å². The number of fused-ring (bicyclic) bond motifs is 1. The molecule has 1 aromatic carbocycles. The van der Waals surface area contributed by atoms with Crippen molar-refractivity contribution >= 4 is 10.9 Å². The zero-order valence-electron chi connectivity index (χ0n) is 9.21. The van der Waals surface area contributed by atoms with Crippen molar-refractivity contribution in [3.05, 3.63) is 46.9 Å². The van der Waals surface area contributed by atoms with Crippen LogP contribution in [-0.2, 0) is 7.05 Å². The van der Waals surface area contributed by atoms with E-state index in [4.69, 9.17) is 0 Å². The Kier molecular flexibility index (Phi) is 2.04. The molecule has 0 saturated heterocycles. The minimum Gasteiger partial charge on any atom is -0.305 e. The smallest absolute Gasteiger partial charge is 0.259 e. The lowest BCUT2D eigenvalue weighted by molar-refractivity contribution is 0.768. The Morgan fingerprint density at radius 3 is 2.82 bits per heavy atom. The van der Waals surface area contributed by atoms with E-state index >= 15 is 0 Å². The van der Waals surface area contributed by atoms with Gasteiger partial charge in [0.2, 0.25) is 0 Å². The normalized spacial score (nSPS) is 10.9. The van der Waals surface area contributed by atoms with Crippen molar-refractivity contribution < 1.29 is 0 Å². The molecule has 2 heterocycles. The fourth-order valence-electron chi connectivity index (χ4n) is 1.75. The maximum Gasteiger partial charge on any atom is 0.259 e. The van der Waals surface area contributed by atoms with Gasteiger partial charge in [-0.05, 0) is 18.2 Å². The number of nitrogens with zero attached hydrogens (tertiary/aromatic N) is 3. The predicted octanol–water partition coefficient (Wildman–Crippen LogP) is 1.32. The zero-order chi connectivity index (χ0) is 11.8. The van der Waals surface area contributed by atoms with Crippen molar-refractivity contribution in [2.45, 2.75) is 0 Å². The predicted molar refractivity (Wildman–Crippen MR) is 64.6 cm³/mol. The Bertz CT molecular complexity index is 741. The van der Waals surface area contributed by atoms with Gasteiger partial charge < -0.3 is 4.98 Å². The fraction of sp³-hybridized carbons (Fsp3) is 0.0833. The second kappa shape index (κ2) is 3.55. The molecular weight excluding hydrogens is 216 g/mol. The number of aromatic nitrogens is 4. The zero-order valence-corrected chi connectivity index (χ0v) is 9.21. The van der Waals surface area contributed by atoms with Crippen molar-refractivity contribution in [1.29, 1.82) is 0 Å². The number of aryl methyl sites for hydroxylation is 1. The molecule has 0 atom stereocenters. The number of H-pyrrole nitrogens is 1. The number of nitrogens with one attached hydrogen (secondary N) is 1. The molecule has 5 heteroatoms. The molecule has 17 heavy (non-hydrogen) atoms. The molecule has 0 fully saturated rings. The summed E-state index contributed by atoms with van der Waals surface area (Å²) in [6.45, 7) is 0. The van der Waals surface area contributed by atoms with E-state index < -0.39 is 0 Å². The highest BCUT2D eigenvalue weighted by Gasteiger charge is 2.07. The van der Waals surface area contributed by atoms with E-state index in [1.165, 1.54) is 0 Å². The highest BCUT2D eigenvalue weighted by Crippen LogP contribution is 2.13. The van der Waals surface area contributed by atoms with Crippen LogP contribution in [0.25, 0.3) is 22.4 Å². The molecule has 5 nitrogen and oxygen atoms in total. The van der Waals surface area contributed by atoms with Gasteiger partial charge in [0.1, 0.15) is 5.69 Å². The van der Waals surface area contributed by atoms with Crippen molar-refractivity contribution in [2.24, 2.45) is 7.05 Å². The Hall–Kier alpha value is -2.43. The van der Waals surface area contributed by atoms with Crippen LogP contribution in [0.2, 0.25) is 0 Å². The van der Waals surface area contributed by atoms with Crippen LogP contribution in [0.4, 0.5) is 0 Å². The van der Waals surface area contributed by atoms with Gasteiger partial charge in [-0.2, -0.15) is 5.10 Å². The average molecular weight is 226 g/mol. The molecule has 0 saturated carbocycles. The number of aromatic amines is 1. The maximum atomic E-state index is 11.8. The third-order valence-electron chi connectivity index (χ3n) is 2.57. The van der Waals surface area contributed by atoms with Gasteiger partial charge in [-0.25, -0.2) is 4.98 Å². The summed E-state index contributed by atoms with van der Waals surface area (Å²) in [6, 6.07) is 9.06. The van der Waals surface area contributed by atoms with Crippen LogP contribution in [0.1, 0.15) is 0 Å². The molecule has 3 aromatic rings. The monoisotopic (exact) mass is 226 g/mol. The third kappa shape index (κ3) is 1.61. The molecular formula is C12H10N4O. The minimum absolute atomic E-state index is 0.142. The lowest BCUT2D eigenvalue weighted by atomic mass is 10.2. The molecule has 0 aliphatic rings. The molecule has 0 spiro atoms. The first kappa shape index (κ1) is 9.77. The Labute approximate surface area is 96.7 Å². The van der Waals surface area contributed by atoms with Gasteiger partial charge in [-0.15, -0.1) is 0 Å². The van der Waals surface area contributed by atoms with Crippen molar-refractivity contribution in [3.63, 3.8) is 0 Å². The van der Waals surface area contributed by atoms with E-state index in [2.05, 4.69) is 15.1 Å². The van der Waals surface area contributed by atoms with Crippen LogP contribution in [0.15, 0.2) is 41.3 Å². The van der Waals surface area contributed by atoms with Crippen LogP contribution in [-0.4, -0.2) is 19.7 Å². The number of para-hydroxylation sites is 1. The third-order valence-corrected chi connectivity index (χ3v) is 2.57. The number of hydrogen-bond donors (Lipinski definition) is 1. The SMILES string of the molecule is Cn1ccc(-c2nc3ccccc3c(=O)[nH]2)n1. The van der Waals surface area contributed by atoms with Gasteiger partial charge in [0, 0.05) is 13.2 Å². The first-order valence-electron chi connectivity index (χ1n) is 5.23. The molecule has 1 N–H and O–H groups in total. The van der Waals surface area contributed by atoms with E-state index in [1.54, 1.807) is 10.7 Å². The van der Waals surface area contributed by atoms with Crippen LogP contribution < -0.4 is 5.56 Å². The van der Waals surface area contributed by atoms with Crippen molar-refractivity contribution in [2.75, 3.05) is 0 Å². The summed E-state index contributed by atoms with van der Waals surface area (Å²) in [5.74, 6) is 0.495. The Morgan fingerprint density at radius 2 is 2.06 bits per heavy atom. The molecule has 84 valence electrons. The largest absolute Gasteiger partial charge is 0.305 e. The quantitative estimate of drug-likeness (QED) is 0.680. The molecule has 0 radical (unpaired) electrons. The van der Waals surface area contributed by atoms with Gasteiger partial charge in [0.05, 0.1) is 10.9 Å². The minimum atomic E-state index is -0.142. The molecule has 2 aromatic heterocycles. The fourth-order valence-corrected chi connectivity index (χ4v) is 1.75. The van der Waals surface area contributed by atoms with E-state index in [0.29, 0.717) is 22.4 Å². The number of rotatable bonds is 1. The Morgan fingerprint density at radius 1 is 1.24 bits per heavy atom. The summed E-state index contributed by atoms with van der Waals surface area (Å²) in [4.78, 5) is 19.0. The first-order valence-corrected chi connectivity index (χ1v) is 5.23. The summed E-state index contributed by atoms with van der Waals surface area (Å²) in [6.07, 6.45) is 1.81. The molecule has 0 bridgehead atoms. The van der Waals surface area contributed by atoms with Crippen molar-refractivity contribution in [1.82, 2.24) is 19.7 Å². The molecule has 0 unspecified atom stereocenters. The highest BCUT2D eigenvalue weighted by molar-refractivity contribution is 5.78. The van der Waals surface area contributed by atoms with E-state index in [0.717, 1.165) is 0 Å². The van der Waals surface area contributed by atoms with Gasteiger partial charge in [0.25, 0.3) is 5.56 Å². The van der Waals surface area contributed by atoms with E-state index in [9.17, 15) is 4.79 Å². The summed E-state index contributed by atoms with van der Waals surface area (Å²) >= 11 is 0. The lowest BCUT2D eigenvalue weighted by Gasteiger charge is -1.99. The highest BCUT2D eigenvalue weighted by atomic mass is 16.1. The van der Waals surface area contributed by atoms with Gasteiger partial charge >= 0.3 is 0 Å². The molecule has 0 aliphatic heterocycles. The van der Waals surface area contributed by atoms with Crippen LogP contribution in [0.5, 0.6) is 0 Å². The van der Waals surface area contributed by atoms with Crippen LogP contribution in [0.3, 0.4) is 0 Å². The second-order valence-electron chi connectivity index (χ2n) is 3.81. The first-order chi connectivity index (χ1) is 8.24. The van der Waals surface area contributed by atoms with E-state index in [1.807, 2.05) is 37.5 Å². The number of benzene rings is 1. The molecule has 0 aliphatic carbocycles. The molecule has 3 rings (SSSR count). The van der Waals surface area contributed by atoms with Gasteiger partial charge in [-0.1, -0.05) is 12.1 Å². The van der Waals surface area contributed by atoms with Crippen LogP contribution >= 0.6 is 0 Å². The summed E-state index contributed by atoms with van der Waals surface area (Å²) in [7, 11) is 1.82. The Balaban J connectivity index is 2.29. The van der Waals surface area contributed by atoms with Crippen LogP contribution in [0, 0.1) is 0 Å². The maximum absolute atomic E-state index is 11.8. The number of hydrogen-bond acceptors (Lipinski definition) is 3. The topological polar surface area (TPSA) is 63.6 Å². The second-order valence-corrected chi connectivity index (χ2v) is 3.81. The summed E-state index contributed by atoms with van der Waals surface area (Å²) in [5, 5.41) is 4.80. The van der Waals surface area contributed by atoms with Crippen molar-refractivity contribution in [3.8, 4) is 11.5 Å². The van der Waals surface area contributed by atoms with Gasteiger partial charge in [-0.3, -0.25) is 9.48 Å². The molecule has 0 amide bonds. The summed E-state index contributed by atoms with van der Waals surface area (Å²) in [5.41, 5.74) is 1.20. The average Bonchev–Trinajstić information content (AvgIpc) is 2.76. The standard InChI is InChI=1S/C12H10N4O/c1-16-7-6-10(15-16)11-13-9-5-3-2-4-8(9)12(17)14-11/h2-7H,1H3,(H,13,14,17). The lowest BCUT2D eigenvalue weighted by Crippen LogP contribution is -2.09. The van der Waals surface area contributed by atoms with Gasteiger partial charge in [0.15, 0.2) is 5.82 Å². The summed E-state index contributed by atoms with van der Waals surface area (Å²) < 4.78 is 1.67.